The highest BCUT2D eigenvalue weighted by Crippen LogP contribution is 2.32. The van der Waals surface area contributed by atoms with E-state index in [1.165, 1.54) is 11.8 Å². The zero-order valence-corrected chi connectivity index (χ0v) is 16.6. The molecule has 0 fully saturated rings. The van der Waals surface area contributed by atoms with Gasteiger partial charge in [0.05, 0.1) is 5.56 Å². The highest BCUT2D eigenvalue weighted by molar-refractivity contribution is 6.26. The van der Waals surface area contributed by atoms with Gasteiger partial charge in [-0.3, -0.25) is 19.3 Å². The van der Waals surface area contributed by atoms with E-state index in [1.54, 1.807) is 24.3 Å². The molecule has 0 aliphatic carbocycles. The summed E-state index contributed by atoms with van der Waals surface area (Å²) in [4.78, 5) is 38.0. The van der Waals surface area contributed by atoms with Crippen molar-refractivity contribution in [2.24, 2.45) is 0 Å². The molecule has 5 nitrogen and oxygen atoms in total. The molecule has 3 amide bonds. The maximum absolute atomic E-state index is 12.7. The number of carbonyl (C=O) groups excluding carboxylic acids is 3. The Morgan fingerprint density at radius 1 is 1.07 bits per heavy atom. The number of hydrogen-bond acceptors (Lipinski definition) is 3. The Balaban J connectivity index is 0.000000855. The minimum atomic E-state index is -0.292. The van der Waals surface area contributed by atoms with Gasteiger partial charge in [0.25, 0.3) is 11.8 Å². The molecule has 0 radical (unpaired) electrons. The van der Waals surface area contributed by atoms with E-state index < -0.39 is 0 Å². The summed E-state index contributed by atoms with van der Waals surface area (Å²) in [7, 11) is 0. The van der Waals surface area contributed by atoms with Gasteiger partial charge >= 0.3 is 0 Å². The first-order valence-corrected chi connectivity index (χ1v) is 9.23. The van der Waals surface area contributed by atoms with E-state index in [0.717, 1.165) is 18.2 Å². The summed E-state index contributed by atoms with van der Waals surface area (Å²) in [5.41, 5.74) is 1.58. The maximum atomic E-state index is 12.7. The van der Waals surface area contributed by atoms with Crippen molar-refractivity contribution in [1.29, 1.82) is 0 Å². The Bertz CT molecular complexity index is 843. The molecule has 5 heteroatoms. The lowest BCUT2D eigenvalue weighted by molar-refractivity contribution is -0.114. The first kappa shape index (κ1) is 22.1. The molecule has 1 aliphatic heterocycles. The van der Waals surface area contributed by atoms with Gasteiger partial charge < -0.3 is 5.32 Å². The highest BCUT2D eigenvalue weighted by atomic mass is 16.2. The van der Waals surface area contributed by atoms with E-state index in [1.807, 2.05) is 26.8 Å². The molecular formula is C22H28N2O3. The minimum absolute atomic E-state index is 0.199. The van der Waals surface area contributed by atoms with E-state index in [2.05, 4.69) is 18.5 Å². The van der Waals surface area contributed by atoms with Gasteiger partial charge in [-0.25, -0.2) is 0 Å². The standard InChI is InChI=1S/C18H18N2O3.C2H6.C2H4/c1-3-4-8-20-17(22)14-7-5-6-12-9-13(19-11(2)21)10-15(16(12)14)18(20)23;2*1-2/h5-7,9-10H,3-4,8H2,1-2H3,(H,19,21);1-2H3;1-2H2. The second kappa shape index (κ2) is 10.3. The third kappa shape index (κ3) is 4.61. The fourth-order valence-corrected chi connectivity index (χ4v) is 2.95. The quantitative estimate of drug-likeness (QED) is 0.608. The number of benzene rings is 2. The molecule has 0 saturated carbocycles. The number of amides is 3. The van der Waals surface area contributed by atoms with E-state index >= 15 is 0 Å². The van der Waals surface area contributed by atoms with Crippen LogP contribution in [0.4, 0.5) is 5.69 Å². The maximum Gasteiger partial charge on any atom is 0.261 e. The number of imide groups is 1. The average molecular weight is 368 g/mol. The molecule has 144 valence electrons. The minimum Gasteiger partial charge on any atom is -0.326 e. The van der Waals surface area contributed by atoms with Crippen LogP contribution in [0.25, 0.3) is 10.8 Å². The topological polar surface area (TPSA) is 66.5 Å². The van der Waals surface area contributed by atoms with Crippen molar-refractivity contribution >= 4 is 34.2 Å². The van der Waals surface area contributed by atoms with Gasteiger partial charge in [-0.15, -0.1) is 13.2 Å². The molecule has 2 aromatic rings. The molecule has 27 heavy (non-hydrogen) atoms. The molecule has 1 N–H and O–H groups in total. The molecule has 3 rings (SSSR count). The van der Waals surface area contributed by atoms with Gasteiger partial charge in [-0.05, 0) is 30.0 Å². The predicted molar refractivity (Wildman–Crippen MR) is 111 cm³/mol. The molecule has 0 saturated heterocycles. The van der Waals surface area contributed by atoms with Crippen molar-refractivity contribution in [2.75, 3.05) is 11.9 Å². The summed E-state index contributed by atoms with van der Waals surface area (Å²) in [6, 6.07) is 8.82. The lowest BCUT2D eigenvalue weighted by Crippen LogP contribution is -2.40. The number of rotatable bonds is 4. The van der Waals surface area contributed by atoms with Gasteiger partial charge in [-0.2, -0.15) is 0 Å². The number of hydrogen-bond donors (Lipinski definition) is 1. The van der Waals surface area contributed by atoms with Crippen LogP contribution in [0.3, 0.4) is 0 Å². The molecule has 2 aromatic carbocycles. The SMILES string of the molecule is C=C.CC.CCCCN1C(=O)c2cccc3cc(NC(C)=O)cc(c23)C1=O. The lowest BCUT2D eigenvalue weighted by atomic mass is 9.93. The van der Waals surface area contributed by atoms with Crippen molar-refractivity contribution in [1.82, 2.24) is 4.90 Å². The Morgan fingerprint density at radius 3 is 2.30 bits per heavy atom. The third-order valence-corrected chi connectivity index (χ3v) is 3.98. The van der Waals surface area contributed by atoms with E-state index in [0.29, 0.717) is 28.7 Å². The van der Waals surface area contributed by atoms with E-state index in [4.69, 9.17) is 0 Å². The van der Waals surface area contributed by atoms with Crippen molar-refractivity contribution in [2.45, 2.75) is 40.5 Å². The van der Waals surface area contributed by atoms with Crippen LogP contribution in [-0.2, 0) is 4.79 Å². The highest BCUT2D eigenvalue weighted by Gasteiger charge is 2.32. The second-order valence-corrected chi connectivity index (χ2v) is 5.72. The van der Waals surface area contributed by atoms with Crippen LogP contribution < -0.4 is 5.32 Å². The molecule has 0 spiro atoms. The number of carbonyl (C=O) groups is 3. The largest absolute Gasteiger partial charge is 0.326 e. The number of nitrogens with zero attached hydrogens (tertiary/aromatic N) is 1. The monoisotopic (exact) mass is 368 g/mol. The van der Waals surface area contributed by atoms with Gasteiger partial charge in [0.15, 0.2) is 0 Å². The molecule has 0 unspecified atom stereocenters. The fraction of sp³-hybridized carbons (Fsp3) is 0.318. The summed E-state index contributed by atoms with van der Waals surface area (Å²) in [6.07, 6.45) is 1.67. The van der Waals surface area contributed by atoms with Crippen LogP contribution in [-0.4, -0.2) is 29.2 Å². The Kier molecular flexibility index (Phi) is 8.39. The Labute approximate surface area is 161 Å². The third-order valence-electron chi connectivity index (χ3n) is 3.98. The molecule has 0 atom stereocenters. The number of nitrogens with one attached hydrogen (secondary N) is 1. The van der Waals surface area contributed by atoms with Crippen LogP contribution in [0.15, 0.2) is 43.5 Å². The number of anilines is 1. The van der Waals surface area contributed by atoms with E-state index in [9.17, 15) is 14.4 Å². The van der Waals surface area contributed by atoms with Gasteiger partial charge in [-0.1, -0.05) is 39.3 Å². The van der Waals surface area contributed by atoms with Crippen LogP contribution in [0.2, 0.25) is 0 Å². The Morgan fingerprint density at radius 2 is 1.70 bits per heavy atom. The van der Waals surface area contributed by atoms with Crippen LogP contribution >= 0.6 is 0 Å². The predicted octanol–water partition coefficient (Wildman–Crippen LogP) is 5.02. The lowest BCUT2D eigenvalue weighted by Gasteiger charge is -2.27. The van der Waals surface area contributed by atoms with Crippen molar-refractivity contribution in [3.8, 4) is 0 Å². The summed E-state index contributed by atoms with van der Waals surface area (Å²) >= 11 is 0. The molecule has 0 aromatic heterocycles. The van der Waals surface area contributed by atoms with Crippen molar-refractivity contribution in [3.63, 3.8) is 0 Å². The van der Waals surface area contributed by atoms with Gasteiger partial charge in [0, 0.05) is 30.1 Å². The molecule has 1 heterocycles. The molecular weight excluding hydrogens is 340 g/mol. The van der Waals surface area contributed by atoms with Crippen LogP contribution in [0.1, 0.15) is 61.3 Å². The second-order valence-electron chi connectivity index (χ2n) is 5.72. The summed E-state index contributed by atoms with van der Waals surface area (Å²) in [5, 5.41) is 4.16. The summed E-state index contributed by atoms with van der Waals surface area (Å²) < 4.78 is 0. The number of unbranched alkanes of at least 4 members (excludes halogenated alkanes) is 1. The fourth-order valence-electron chi connectivity index (χ4n) is 2.95. The van der Waals surface area contributed by atoms with Gasteiger partial charge in [0.2, 0.25) is 5.91 Å². The van der Waals surface area contributed by atoms with Gasteiger partial charge in [0.1, 0.15) is 0 Å². The van der Waals surface area contributed by atoms with Crippen LogP contribution in [0.5, 0.6) is 0 Å². The zero-order valence-electron chi connectivity index (χ0n) is 16.6. The van der Waals surface area contributed by atoms with E-state index in [-0.39, 0.29) is 17.7 Å². The normalized spacial score (nSPS) is 11.9. The first-order chi connectivity index (χ1) is 13.0. The summed E-state index contributed by atoms with van der Waals surface area (Å²) in [6.45, 7) is 13.8. The molecule has 0 bridgehead atoms. The first-order valence-electron chi connectivity index (χ1n) is 9.23. The van der Waals surface area contributed by atoms with Crippen molar-refractivity contribution in [3.05, 3.63) is 54.6 Å². The molecule has 1 aliphatic rings. The Hall–Kier alpha value is -2.95. The average Bonchev–Trinajstić information content (AvgIpc) is 2.68. The van der Waals surface area contributed by atoms with Crippen LogP contribution in [0, 0.1) is 0 Å². The van der Waals surface area contributed by atoms with Crippen molar-refractivity contribution < 1.29 is 14.4 Å². The zero-order chi connectivity index (χ0) is 20.6. The smallest absolute Gasteiger partial charge is 0.261 e. The summed E-state index contributed by atoms with van der Waals surface area (Å²) in [5.74, 6) is -0.733.